The zero-order valence-electron chi connectivity index (χ0n) is 16.1. The molecule has 166 valence electrons. The van der Waals surface area contributed by atoms with Gasteiger partial charge < -0.3 is 13.8 Å². The van der Waals surface area contributed by atoms with Gasteiger partial charge in [-0.15, -0.1) is 10.2 Å². The zero-order valence-corrected chi connectivity index (χ0v) is 17.7. The van der Waals surface area contributed by atoms with Crippen LogP contribution in [0.25, 0.3) is 4.98 Å². The number of hydrogen-bond acceptors (Lipinski definition) is 12. The van der Waals surface area contributed by atoms with E-state index in [1.807, 2.05) is 0 Å². The van der Waals surface area contributed by atoms with E-state index in [-0.39, 0.29) is 27.6 Å². The van der Waals surface area contributed by atoms with Gasteiger partial charge in [-0.2, -0.15) is 0 Å². The van der Waals surface area contributed by atoms with Crippen molar-refractivity contribution < 1.29 is 35.6 Å². The van der Waals surface area contributed by atoms with Gasteiger partial charge in [-0.3, -0.25) is 18.5 Å². The molecular weight excluding hydrogens is 458 g/mol. The molecule has 0 atom stereocenters. The summed E-state index contributed by atoms with van der Waals surface area (Å²) < 4.78 is 63.0. The molecule has 0 unspecified atom stereocenters. The van der Waals surface area contributed by atoms with E-state index in [1.165, 1.54) is 19.2 Å². The number of nitro benzene ring substituents is 1. The van der Waals surface area contributed by atoms with Crippen LogP contribution in [0.15, 0.2) is 45.5 Å². The van der Waals surface area contributed by atoms with Gasteiger partial charge in [-0.1, -0.05) is 0 Å². The van der Waals surface area contributed by atoms with Crippen molar-refractivity contribution in [2.24, 2.45) is 10.2 Å². The summed E-state index contributed by atoms with van der Waals surface area (Å²) in [6.45, 7) is 1.74. The minimum atomic E-state index is -5.17. The summed E-state index contributed by atoms with van der Waals surface area (Å²) in [6.07, 6.45) is 0.914. The van der Waals surface area contributed by atoms with Crippen molar-refractivity contribution in [3.63, 3.8) is 0 Å². The van der Waals surface area contributed by atoms with Crippen LogP contribution in [-0.4, -0.2) is 44.2 Å². The fourth-order valence-corrected chi connectivity index (χ4v) is 2.97. The summed E-state index contributed by atoms with van der Waals surface area (Å²) in [4.78, 5) is 12.9. The second-order valence-corrected chi connectivity index (χ2v) is 8.50. The van der Waals surface area contributed by atoms with Crippen LogP contribution in [-0.2, 0) is 20.2 Å². The normalized spacial score (nSPS) is 11.4. The first kappa shape index (κ1) is 25.5. The smallest absolute Gasteiger partial charge is 0.415 e. The van der Waals surface area contributed by atoms with E-state index in [1.54, 1.807) is 13.0 Å². The molecule has 0 aliphatic heterocycles. The zero-order chi connectivity index (χ0) is 24.0. The van der Waals surface area contributed by atoms with E-state index in [0.717, 1.165) is 18.4 Å². The number of hydrogen-bond donors (Lipinski definition) is 0. The van der Waals surface area contributed by atoms with Gasteiger partial charge in [0.1, 0.15) is 16.3 Å². The molecule has 31 heavy (non-hydrogen) atoms. The van der Waals surface area contributed by atoms with E-state index >= 15 is 0 Å². The Kier molecular flexibility index (Phi) is 8.22. The predicted octanol–water partition coefficient (Wildman–Crippen LogP) is 2.88. The van der Waals surface area contributed by atoms with Crippen molar-refractivity contribution in [1.29, 1.82) is 5.39 Å². The standard InChI is InChI=1S/C15H14N5O5S.H2O4S/c1-9-6-13(12(17-16)8-14(9)25-2)19-18-11-5-4-10(20(21)22)7-15(11)26(3,23)24;1-5(2,3)4/h4-8H,1-3H3;(H2,1,2,3,4)/q+1;/p-2. The molecule has 0 saturated carbocycles. The molecule has 0 spiro atoms. The Bertz CT molecular complexity index is 1270. The van der Waals surface area contributed by atoms with Gasteiger partial charge in [0, 0.05) is 28.8 Å². The average molecular weight is 472 g/mol. The maximum atomic E-state index is 11.9. The summed E-state index contributed by atoms with van der Waals surface area (Å²) in [5.74, 6) is 0.476. The molecule has 14 nitrogen and oxygen atoms in total. The fourth-order valence-electron chi connectivity index (χ4n) is 2.15. The second-order valence-electron chi connectivity index (χ2n) is 5.70. The molecule has 0 fully saturated rings. The Morgan fingerprint density at radius 3 is 2.06 bits per heavy atom. The van der Waals surface area contributed by atoms with Crippen molar-refractivity contribution in [2.45, 2.75) is 11.8 Å². The van der Waals surface area contributed by atoms with Gasteiger partial charge in [0.05, 0.1) is 18.1 Å². The highest BCUT2D eigenvalue weighted by atomic mass is 32.3. The SMILES string of the molecule is COc1cc([N+]#N)c(N=Nc2ccc([N+](=O)[O-])cc2S(C)(=O)=O)cc1C.O=S(=O)([O-])[O-]. The van der Waals surface area contributed by atoms with E-state index in [2.05, 4.69) is 15.2 Å². The summed E-state index contributed by atoms with van der Waals surface area (Å²) in [5.41, 5.74) is 0.481. The molecule has 0 aliphatic carbocycles. The lowest BCUT2D eigenvalue weighted by Gasteiger charge is -2.06. The highest BCUT2D eigenvalue weighted by Crippen LogP contribution is 2.37. The van der Waals surface area contributed by atoms with Gasteiger partial charge in [0.15, 0.2) is 20.5 Å². The number of azo groups is 1. The quantitative estimate of drug-likeness (QED) is 0.154. The third-order valence-corrected chi connectivity index (χ3v) is 4.54. The van der Waals surface area contributed by atoms with Gasteiger partial charge in [0.25, 0.3) is 5.69 Å². The highest BCUT2D eigenvalue weighted by Gasteiger charge is 2.20. The number of rotatable bonds is 5. The maximum Gasteiger partial charge on any atom is 0.415 e. The lowest BCUT2D eigenvalue weighted by atomic mass is 10.2. The monoisotopic (exact) mass is 472 g/mol. The largest absolute Gasteiger partial charge is 0.759 e. The number of aryl methyl sites for hydroxylation is 1. The first-order valence-electron chi connectivity index (χ1n) is 7.78. The Balaban J connectivity index is 0.000000861. The van der Waals surface area contributed by atoms with Crippen molar-refractivity contribution in [1.82, 2.24) is 0 Å². The van der Waals surface area contributed by atoms with Gasteiger partial charge in [0.2, 0.25) is 5.39 Å². The van der Waals surface area contributed by atoms with Crippen LogP contribution in [0.3, 0.4) is 0 Å². The number of methoxy groups -OCH3 is 1. The first-order valence-corrected chi connectivity index (χ1v) is 11.0. The van der Waals surface area contributed by atoms with Crippen LogP contribution < -0.4 is 4.74 Å². The predicted molar refractivity (Wildman–Crippen MR) is 103 cm³/mol. The molecule has 0 radical (unpaired) electrons. The van der Waals surface area contributed by atoms with Gasteiger partial charge in [-0.05, 0) is 24.6 Å². The number of nitrogens with zero attached hydrogens (tertiary/aromatic N) is 5. The van der Waals surface area contributed by atoms with Gasteiger partial charge in [-0.25, -0.2) is 8.42 Å². The van der Waals surface area contributed by atoms with E-state index in [0.29, 0.717) is 11.3 Å². The molecule has 0 amide bonds. The maximum absolute atomic E-state index is 11.9. The number of ether oxygens (including phenoxy) is 1. The van der Waals surface area contributed by atoms with Crippen LogP contribution in [0, 0.1) is 22.4 Å². The van der Waals surface area contributed by atoms with Crippen molar-refractivity contribution in [3.8, 4) is 5.75 Å². The molecular formula is C15H14N5O9S2-. The topological polar surface area (TPSA) is 220 Å². The van der Waals surface area contributed by atoms with Crippen LogP contribution in [0.1, 0.15) is 5.56 Å². The lowest BCUT2D eigenvalue weighted by Crippen LogP contribution is -1.99. The molecule has 2 rings (SSSR count). The molecule has 2 aromatic carbocycles. The first-order chi connectivity index (χ1) is 14.2. The number of benzene rings is 2. The minimum absolute atomic E-state index is 0.0685. The van der Waals surface area contributed by atoms with Crippen LogP contribution in [0.4, 0.5) is 22.7 Å². The molecule has 2 aromatic rings. The third kappa shape index (κ3) is 8.02. The van der Waals surface area contributed by atoms with Crippen molar-refractivity contribution in [3.05, 3.63) is 51.0 Å². The van der Waals surface area contributed by atoms with E-state index in [4.69, 9.17) is 27.7 Å². The van der Waals surface area contributed by atoms with Crippen molar-refractivity contribution >= 4 is 43.0 Å². The van der Waals surface area contributed by atoms with E-state index < -0.39 is 25.2 Å². The number of non-ortho nitro benzene ring substituents is 1. The fraction of sp³-hybridized carbons (Fsp3) is 0.200. The summed E-state index contributed by atoms with van der Waals surface area (Å²) in [5, 5.41) is 27.7. The van der Waals surface area contributed by atoms with Crippen LogP contribution in [0.2, 0.25) is 0 Å². The molecule has 0 N–H and O–H groups in total. The minimum Gasteiger partial charge on any atom is -0.759 e. The van der Waals surface area contributed by atoms with Crippen LogP contribution in [0.5, 0.6) is 5.75 Å². The number of nitro groups is 1. The Labute approximate surface area is 176 Å². The highest BCUT2D eigenvalue weighted by molar-refractivity contribution is 7.90. The molecule has 0 aliphatic rings. The molecule has 0 saturated heterocycles. The Morgan fingerprint density at radius 2 is 1.61 bits per heavy atom. The van der Waals surface area contributed by atoms with Gasteiger partial charge >= 0.3 is 5.69 Å². The van der Waals surface area contributed by atoms with Crippen molar-refractivity contribution in [2.75, 3.05) is 13.4 Å². The molecule has 0 aromatic heterocycles. The van der Waals surface area contributed by atoms with E-state index in [9.17, 15) is 18.5 Å². The lowest BCUT2D eigenvalue weighted by molar-refractivity contribution is -0.385. The summed E-state index contributed by atoms with van der Waals surface area (Å²) in [6, 6.07) is 6.21. The Hall–Kier alpha value is -3.52. The second kappa shape index (κ2) is 9.99. The Morgan fingerprint density at radius 1 is 1.06 bits per heavy atom. The number of sulfone groups is 1. The summed E-state index contributed by atoms with van der Waals surface area (Å²) in [7, 11) is -7.49. The molecule has 0 bridgehead atoms. The summed E-state index contributed by atoms with van der Waals surface area (Å²) >= 11 is 0. The third-order valence-electron chi connectivity index (χ3n) is 3.42. The number of diazo groups is 1. The van der Waals surface area contributed by atoms with Crippen LogP contribution >= 0.6 is 0 Å². The molecule has 16 heteroatoms. The molecule has 0 heterocycles. The average Bonchev–Trinajstić information content (AvgIpc) is 2.64.